The van der Waals surface area contributed by atoms with Gasteiger partial charge in [-0.15, -0.1) is 0 Å². The van der Waals surface area contributed by atoms with Crippen molar-refractivity contribution < 1.29 is 4.39 Å². The average Bonchev–Trinajstić information content (AvgIpc) is 3.52. The first-order valence-corrected chi connectivity index (χ1v) is 10.9. The van der Waals surface area contributed by atoms with E-state index in [0.717, 1.165) is 53.9 Å². The minimum atomic E-state index is -0.224. The van der Waals surface area contributed by atoms with Gasteiger partial charge < -0.3 is 9.47 Å². The minimum absolute atomic E-state index is 0.224. The molecule has 6 heteroatoms. The maximum atomic E-state index is 13.4. The fourth-order valence-electron chi connectivity index (χ4n) is 4.91. The summed E-state index contributed by atoms with van der Waals surface area (Å²) in [4.78, 5) is 7.06. The molecule has 0 N–H and O–H groups in total. The van der Waals surface area contributed by atoms with Crippen molar-refractivity contribution in [1.29, 1.82) is 0 Å². The lowest BCUT2D eigenvalue weighted by Gasteiger charge is -2.20. The van der Waals surface area contributed by atoms with E-state index in [-0.39, 0.29) is 5.82 Å². The molecule has 156 valence electrons. The van der Waals surface area contributed by atoms with Crippen molar-refractivity contribution in [2.24, 2.45) is 5.92 Å². The van der Waals surface area contributed by atoms with Crippen LogP contribution in [0.15, 0.2) is 61.1 Å². The molecule has 0 aliphatic carbocycles. The Kier molecular flexibility index (Phi) is 4.19. The highest BCUT2D eigenvalue weighted by Crippen LogP contribution is 2.35. The van der Waals surface area contributed by atoms with Crippen LogP contribution in [0.3, 0.4) is 0 Å². The molecule has 0 bridgehead atoms. The Morgan fingerprint density at radius 3 is 2.74 bits per heavy atom. The third-order valence-corrected chi connectivity index (χ3v) is 6.71. The quantitative estimate of drug-likeness (QED) is 0.411. The number of aromatic nitrogens is 4. The number of hydrogen-bond donors (Lipinski definition) is 0. The minimum Gasteiger partial charge on any atom is -0.371 e. The van der Waals surface area contributed by atoms with Crippen molar-refractivity contribution in [2.45, 2.75) is 26.3 Å². The van der Waals surface area contributed by atoms with Gasteiger partial charge >= 0.3 is 0 Å². The van der Waals surface area contributed by atoms with Gasteiger partial charge in [-0.1, -0.05) is 25.5 Å². The molecule has 31 heavy (non-hydrogen) atoms. The van der Waals surface area contributed by atoms with Crippen LogP contribution in [-0.4, -0.2) is 32.4 Å². The highest BCUT2D eigenvalue weighted by Gasteiger charge is 2.25. The number of benzene rings is 2. The molecule has 6 rings (SSSR count). The zero-order chi connectivity index (χ0) is 20.9. The van der Waals surface area contributed by atoms with Gasteiger partial charge in [0.15, 0.2) is 5.82 Å². The van der Waals surface area contributed by atoms with Crippen molar-refractivity contribution >= 4 is 5.69 Å². The second kappa shape index (κ2) is 7.08. The van der Waals surface area contributed by atoms with Crippen LogP contribution in [-0.2, 0) is 6.54 Å². The second-order valence-electron chi connectivity index (χ2n) is 8.57. The van der Waals surface area contributed by atoms with E-state index in [4.69, 9.17) is 0 Å². The maximum Gasteiger partial charge on any atom is 0.179 e. The van der Waals surface area contributed by atoms with Crippen molar-refractivity contribution in [3.63, 3.8) is 0 Å². The normalized spacial score (nSPS) is 17.2. The largest absolute Gasteiger partial charge is 0.371 e. The van der Waals surface area contributed by atoms with Gasteiger partial charge in [0.1, 0.15) is 12.1 Å². The SMILES string of the molecule is CC[C@@H]1CCN(c2ccc3c(c2)Cn2cc(-c4ccc(F)cc4)cc2-c2ncnn2-3)C1. The Morgan fingerprint density at radius 2 is 1.94 bits per heavy atom. The predicted octanol–water partition coefficient (Wildman–Crippen LogP) is 5.14. The molecule has 2 aliphatic rings. The molecule has 2 aliphatic heterocycles. The first-order chi connectivity index (χ1) is 15.2. The maximum absolute atomic E-state index is 13.4. The van der Waals surface area contributed by atoms with Crippen LogP contribution in [0.25, 0.3) is 28.3 Å². The predicted molar refractivity (Wildman–Crippen MR) is 120 cm³/mol. The van der Waals surface area contributed by atoms with E-state index in [2.05, 4.69) is 56.9 Å². The molecule has 0 amide bonds. The summed E-state index contributed by atoms with van der Waals surface area (Å²) in [5.74, 6) is 1.39. The van der Waals surface area contributed by atoms with Gasteiger partial charge in [0, 0.05) is 37.1 Å². The van der Waals surface area contributed by atoms with Gasteiger partial charge in [-0.25, -0.2) is 14.1 Å². The smallest absolute Gasteiger partial charge is 0.179 e. The Hall–Kier alpha value is -3.41. The molecule has 0 unspecified atom stereocenters. The summed E-state index contributed by atoms with van der Waals surface area (Å²) in [6.45, 7) is 5.28. The molecule has 1 fully saturated rings. The molecule has 2 aromatic heterocycles. The summed E-state index contributed by atoms with van der Waals surface area (Å²) in [6, 6.07) is 15.5. The number of halogens is 1. The average molecular weight is 414 g/mol. The van der Waals surface area contributed by atoms with Gasteiger partial charge in [0.05, 0.1) is 11.4 Å². The summed E-state index contributed by atoms with van der Waals surface area (Å²) in [5.41, 5.74) is 6.64. The van der Waals surface area contributed by atoms with E-state index in [1.807, 2.05) is 16.8 Å². The van der Waals surface area contributed by atoms with Crippen LogP contribution < -0.4 is 4.90 Å². The molecule has 0 radical (unpaired) electrons. The molecule has 5 nitrogen and oxygen atoms in total. The molecule has 4 aromatic rings. The highest BCUT2D eigenvalue weighted by molar-refractivity contribution is 5.71. The van der Waals surface area contributed by atoms with E-state index in [1.54, 1.807) is 6.33 Å². The summed E-state index contributed by atoms with van der Waals surface area (Å²) in [5, 5.41) is 4.53. The van der Waals surface area contributed by atoms with Crippen LogP contribution in [0.5, 0.6) is 0 Å². The lowest BCUT2D eigenvalue weighted by Crippen LogP contribution is -2.20. The Labute approximate surface area is 180 Å². The Balaban J connectivity index is 1.43. The zero-order valence-electron chi connectivity index (χ0n) is 17.5. The number of nitrogens with zero attached hydrogens (tertiary/aromatic N) is 5. The number of hydrogen-bond acceptors (Lipinski definition) is 3. The topological polar surface area (TPSA) is 38.9 Å². The molecular formula is C25H24FN5. The van der Waals surface area contributed by atoms with Crippen molar-refractivity contribution in [3.05, 3.63) is 72.4 Å². The van der Waals surface area contributed by atoms with E-state index >= 15 is 0 Å². The van der Waals surface area contributed by atoms with Gasteiger partial charge in [0.25, 0.3) is 0 Å². The highest BCUT2D eigenvalue weighted by atomic mass is 19.1. The van der Waals surface area contributed by atoms with Crippen LogP contribution >= 0.6 is 0 Å². The fraction of sp³-hybridized carbons (Fsp3) is 0.280. The first-order valence-electron chi connectivity index (χ1n) is 10.9. The van der Waals surface area contributed by atoms with Crippen molar-refractivity contribution in [1.82, 2.24) is 19.3 Å². The summed E-state index contributed by atoms with van der Waals surface area (Å²) < 4.78 is 17.6. The number of anilines is 1. The summed E-state index contributed by atoms with van der Waals surface area (Å²) >= 11 is 0. The molecule has 0 saturated carbocycles. The Morgan fingerprint density at radius 1 is 1.06 bits per heavy atom. The van der Waals surface area contributed by atoms with Crippen LogP contribution in [0.2, 0.25) is 0 Å². The van der Waals surface area contributed by atoms with Gasteiger partial charge in [0.2, 0.25) is 0 Å². The monoisotopic (exact) mass is 413 g/mol. The molecule has 1 saturated heterocycles. The van der Waals surface area contributed by atoms with Crippen LogP contribution in [0.1, 0.15) is 25.3 Å². The lowest BCUT2D eigenvalue weighted by atomic mass is 10.1. The van der Waals surface area contributed by atoms with E-state index in [1.165, 1.54) is 36.2 Å². The van der Waals surface area contributed by atoms with Crippen molar-refractivity contribution in [3.8, 4) is 28.3 Å². The summed E-state index contributed by atoms with van der Waals surface area (Å²) in [7, 11) is 0. The molecule has 1 atom stereocenters. The molecule has 0 spiro atoms. The van der Waals surface area contributed by atoms with Crippen LogP contribution in [0, 0.1) is 11.7 Å². The molecule has 4 heterocycles. The Bertz CT molecular complexity index is 1250. The van der Waals surface area contributed by atoms with Crippen molar-refractivity contribution in [2.75, 3.05) is 18.0 Å². The van der Waals surface area contributed by atoms with Gasteiger partial charge in [-0.2, -0.15) is 5.10 Å². The standard InChI is InChI=1S/C25H24FN5/c1-2-17-9-10-29(13-17)22-7-8-23-20(11-22)15-30-14-19(18-3-5-21(26)6-4-18)12-24(30)25-27-16-28-31(23)25/h3-8,11-12,14,16-17H,2,9-10,13,15H2,1H3/t17-/m1/s1. The lowest BCUT2D eigenvalue weighted by molar-refractivity contribution is 0.569. The van der Waals surface area contributed by atoms with E-state index < -0.39 is 0 Å². The first kappa shape index (κ1) is 18.4. The fourth-order valence-corrected chi connectivity index (χ4v) is 4.91. The van der Waals surface area contributed by atoms with E-state index in [9.17, 15) is 4.39 Å². The van der Waals surface area contributed by atoms with E-state index in [0.29, 0.717) is 0 Å². The van der Waals surface area contributed by atoms with Gasteiger partial charge in [-0.05, 0) is 59.9 Å². The van der Waals surface area contributed by atoms with Crippen LogP contribution in [0.4, 0.5) is 10.1 Å². The van der Waals surface area contributed by atoms with Gasteiger partial charge in [-0.3, -0.25) is 0 Å². The molecular weight excluding hydrogens is 389 g/mol. The number of rotatable bonds is 3. The third-order valence-electron chi connectivity index (χ3n) is 6.71. The summed E-state index contributed by atoms with van der Waals surface area (Å²) in [6.07, 6.45) is 6.25. The third kappa shape index (κ3) is 3.05. The molecule has 2 aromatic carbocycles. The number of fused-ring (bicyclic) bond motifs is 5. The second-order valence-corrected chi connectivity index (χ2v) is 8.57. The zero-order valence-corrected chi connectivity index (χ0v) is 17.5.